The summed E-state index contributed by atoms with van der Waals surface area (Å²) in [4.78, 5) is 14.3. The summed E-state index contributed by atoms with van der Waals surface area (Å²) in [5, 5.41) is 2.91. The van der Waals surface area contributed by atoms with Crippen molar-refractivity contribution >= 4 is 22.0 Å². The molecule has 152 valence electrons. The van der Waals surface area contributed by atoms with Gasteiger partial charge in [-0.15, -0.1) is 0 Å². The highest BCUT2D eigenvalue weighted by molar-refractivity contribution is 9.10. The van der Waals surface area contributed by atoms with Crippen molar-refractivity contribution < 1.29 is 14.3 Å². The van der Waals surface area contributed by atoms with Crippen LogP contribution in [0.3, 0.4) is 0 Å². The smallest absolute Gasteiger partial charge is 0.407 e. The highest BCUT2D eigenvalue weighted by atomic mass is 79.9. The summed E-state index contributed by atoms with van der Waals surface area (Å²) in [5.41, 5.74) is 0.760. The van der Waals surface area contributed by atoms with Crippen molar-refractivity contribution in [2.24, 2.45) is 5.92 Å². The monoisotopic (exact) mass is 440 g/mol. The van der Waals surface area contributed by atoms with E-state index in [1.54, 1.807) is 0 Å². The summed E-state index contributed by atoms with van der Waals surface area (Å²) in [6.45, 7) is 13.3. The SMILES string of the molecule is CC(C)Oc1c(Br)cccc1CN1CCC(CNC(=O)OC(C)(C)C)CC1. The minimum absolute atomic E-state index is 0.145. The number of piperidine rings is 1. The number of likely N-dealkylation sites (tertiary alicyclic amines) is 1. The average Bonchev–Trinajstić information content (AvgIpc) is 2.55. The number of nitrogens with zero attached hydrogens (tertiary/aromatic N) is 1. The third-order valence-corrected chi connectivity index (χ3v) is 5.06. The Morgan fingerprint density at radius 1 is 1.30 bits per heavy atom. The van der Waals surface area contributed by atoms with Crippen molar-refractivity contribution in [3.05, 3.63) is 28.2 Å². The van der Waals surface area contributed by atoms with Crippen LogP contribution in [0.1, 0.15) is 53.0 Å². The molecule has 2 rings (SSSR count). The second-order valence-corrected chi connectivity index (χ2v) is 9.35. The summed E-state index contributed by atoms with van der Waals surface area (Å²) < 4.78 is 12.3. The number of nitrogens with one attached hydrogen (secondary N) is 1. The van der Waals surface area contributed by atoms with Crippen LogP contribution in [0.5, 0.6) is 5.75 Å². The molecule has 1 N–H and O–H groups in total. The lowest BCUT2D eigenvalue weighted by atomic mass is 9.96. The first kappa shape index (κ1) is 22.0. The van der Waals surface area contributed by atoms with Gasteiger partial charge in [-0.2, -0.15) is 0 Å². The number of ether oxygens (including phenoxy) is 2. The molecule has 0 saturated carbocycles. The molecule has 1 aliphatic heterocycles. The second-order valence-electron chi connectivity index (χ2n) is 8.50. The first-order valence-corrected chi connectivity index (χ1v) is 10.6. The molecule has 1 aromatic carbocycles. The predicted octanol–water partition coefficient (Wildman–Crippen LogP) is 4.97. The Morgan fingerprint density at radius 3 is 2.56 bits per heavy atom. The Kier molecular flexibility index (Phi) is 7.98. The van der Waals surface area contributed by atoms with Crippen molar-refractivity contribution in [3.63, 3.8) is 0 Å². The van der Waals surface area contributed by atoms with Gasteiger partial charge in [0.1, 0.15) is 11.4 Å². The third-order valence-electron chi connectivity index (χ3n) is 4.44. The number of carbonyl (C=O) groups is 1. The minimum Gasteiger partial charge on any atom is -0.489 e. The van der Waals surface area contributed by atoms with E-state index in [4.69, 9.17) is 9.47 Å². The van der Waals surface area contributed by atoms with E-state index in [1.807, 2.05) is 40.7 Å². The van der Waals surface area contributed by atoms with Crippen molar-refractivity contribution in [2.45, 2.75) is 65.7 Å². The molecule has 5 nitrogen and oxygen atoms in total. The minimum atomic E-state index is -0.451. The lowest BCUT2D eigenvalue weighted by Gasteiger charge is -2.32. The fraction of sp³-hybridized carbons (Fsp3) is 0.667. The van der Waals surface area contributed by atoms with Crippen LogP contribution in [-0.2, 0) is 11.3 Å². The molecule has 0 aliphatic carbocycles. The van der Waals surface area contributed by atoms with Crippen LogP contribution in [0.4, 0.5) is 4.79 Å². The first-order chi connectivity index (χ1) is 12.6. The van der Waals surface area contributed by atoms with Gasteiger partial charge in [0.05, 0.1) is 10.6 Å². The van der Waals surface area contributed by atoms with Gasteiger partial charge in [0.15, 0.2) is 0 Å². The fourth-order valence-corrected chi connectivity index (χ4v) is 3.68. The van der Waals surface area contributed by atoms with E-state index < -0.39 is 5.60 Å². The number of carbonyl (C=O) groups excluding carboxylic acids is 1. The molecule has 6 heteroatoms. The van der Waals surface area contributed by atoms with E-state index in [1.165, 1.54) is 5.56 Å². The average molecular weight is 441 g/mol. The zero-order valence-corrected chi connectivity index (χ0v) is 18.8. The quantitative estimate of drug-likeness (QED) is 0.677. The maximum atomic E-state index is 11.8. The summed E-state index contributed by atoms with van der Waals surface area (Å²) in [6.07, 6.45) is 1.97. The van der Waals surface area contributed by atoms with E-state index >= 15 is 0 Å². The maximum absolute atomic E-state index is 11.8. The molecule has 0 atom stereocenters. The van der Waals surface area contributed by atoms with Gasteiger partial charge < -0.3 is 14.8 Å². The highest BCUT2D eigenvalue weighted by Gasteiger charge is 2.22. The number of alkyl carbamates (subject to hydrolysis) is 1. The maximum Gasteiger partial charge on any atom is 0.407 e. The largest absolute Gasteiger partial charge is 0.489 e. The molecular weight excluding hydrogens is 408 g/mol. The number of amides is 1. The molecule has 0 unspecified atom stereocenters. The van der Waals surface area contributed by atoms with E-state index in [0.717, 1.165) is 42.7 Å². The van der Waals surface area contributed by atoms with Crippen LogP contribution in [0.15, 0.2) is 22.7 Å². The summed E-state index contributed by atoms with van der Waals surface area (Å²) in [6, 6.07) is 6.22. The first-order valence-electron chi connectivity index (χ1n) is 9.77. The number of para-hydroxylation sites is 1. The number of benzene rings is 1. The van der Waals surface area contributed by atoms with E-state index in [-0.39, 0.29) is 12.2 Å². The number of rotatable bonds is 6. The summed E-state index contributed by atoms with van der Waals surface area (Å²) in [5.74, 6) is 1.45. The van der Waals surface area contributed by atoms with Crippen LogP contribution < -0.4 is 10.1 Å². The molecule has 1 heterocycles. The summed E-state index contributed by atoms with van der Waals surface area (Å²) >= 11 is 3.61. The lowest BCUT2D eigenvalue weighted by Crippen LogP contribution is -2.40. The van der Waals surface area contributed by atoms with E-state index in [9.17, 15) is 4.79 Å². The van der Waals surface area contributed by atoms with Gasteiger partial charge in [0.2, 0.25) is 0 Å². The van der Waals surface area contributed by atoms with Gasteiger partial charge in [-0.25, -0.2) is 4.79 Å². The zero-order valence-electron chi connectivity index (χ0n) is 17.2. The molecule has 0 radical (unpaired) electrons. The molecule has 0 bridgehead atoms. The Bertz CT molecular complexity index is 620. The standard InChI is InChI=1S/C21H33BrN2O3/c1-15(2)26-19-17(7-6-8-18(19)22)14-24-11-9-16(10-12-24)13-23-20(25)27-21(3,4)5/h6-8,15-16H,9-14H2,1-5H3,(H,23,25). The van der Waals surface area contributed by atoms with Crippen LogP contribution in [-0.4, -0.2) is 42.3 Å². The molecule has 1 aliphatic rings. The molecule has 0 aromatic heterocycles. The van der Waals surface area contributed by atoms with Gasteiger partial charge in [-0.3, -0.25) is 4.90 Å². The van der Waals surface area contributed by atoms with E-state index in [0.29, 0.717) is 12.5 Å². The van der Waals surface area contributed by atoms with Crippen LogP contribution in [0, 0.1) is 5.92 Å². The Balaban J connectivity index is 1.81. The predicted molar refractivity (Wildman–Crippen MR) is 112 cm³/mol. The van der Waals surface area contributed by atoms with Crippen LogP contribution >= 0.6 is 15.9 Å². The molecular formula is C21H33BrN2O3. The molecule has 1 fully saturated rings. The highest BCUT2D eigenvalue weighted by Crippen LogP contribution is 2.31. The Morgan fingerprint density at radius 2 is 1.96 bits per heavy atom. The number of hydrogen-bond acceptors (Lipinski definition) is 4. The van der Waals surface area contributed by atoms with Crippen molar-refractivity contribution in [1.82, 2.24) is 10.2 Å². The van der Waals surface area contributed by atoms with Crippen molar-refractivity contribution in [2.75, 3.05) is 19.6 Å². The molecule has 0 spiro atoms. The van der Waals surface area contributed by atoms with Gasteiger partial charge in [0, 0.05) is 18.7 Å². The molecule has 1 saturated heterocycles. The van der Waals surface area contributed by atoms with Gasteiger partial charge in [0.25, 0.3) is 0 Å². The van der Waals surface area contributed by atoms with Crippen molar-refractivity contribution in [1.29, 1.82) is 0 Å². The fourth-order valence-electron chi connectivity index (χ4n) is 3.18. The number of hydrogen-bond donors (Lipinski definition) is 1. The third kappa shape index (κ3) is 7.70. The van der Waals surface area contributed by atoms with Crippen LogP contribution in [0.25, 0.3) is 0 Å². The molecule has 27 heavy (non-hydrogen) atoms. The van der Waals surface area contributed by atoms with Gasteiger partial charge in [-0.1, -0.05) is 12.1 Å². The zero-order chi connectivity index (χ0) is 20.0. The number of halogens is 1. The molecule has 1 amide bonds. The lowest BCUT2D eigenvalue weighted by molar-refractivity contribution is 0.0509. The topological polar surface area (TPSA) is 50.8 Å². The van der Waals surface area contributed by atoms with Crippen LogP contribution in [0.2, 0.25) is 0 Å². The van der Waals surface area contributed by atoms with E-state index in [2.05, 4.69) is 38.3 Å². The normalized spacial score (nSPS) is 16.4. The van der Waals surface area contributed by atoms with Gasteiger partial charge >= 0.3 is 6.09 Å². The second kappa shape index (κ2) is 9.78. The Hall–Kier alpha value is -1.27. The van der Waals surface area contributed by atoms with Gasteiger partial charge in [-0.05, 0) is 88.5 Å². The Labute approximate surface area is 171 Å². The molecule has 1 aromatic rings. The summed E-state index contributed by atoms with van der Waals surface area (Å²) in [7, 11) is 0. The van der Waals surface area contributed by atoms with Crippen molar-refractivity contribution in [3.8, 4) is 5.75 Å².